The van der Waals surface area contributed by atoms with Crippen molar-refractivity contribution < 1.29 is 23.1 Å². The van der Waals surface area contributed by atoms with Crippen molar-refractivity contribution in [2.45, 2.75) is 37.1 Å². The molecule has 106 valence electrons. The number of imidazole rings is 1. The zero-order valence-electron chi connectivity index (χ0n) is 10.2. The maximum absolute atomic E-state index is 13.1. The molecule has 1 fully saturated rings. The van der Waals surface area contributed by atoms with E-state index in [4.69, 9.17) is 0 Å². The van der Waals surface area contributed by atoms with Crippen LogP contribution in [-0.4, -0.2) is 32.8 Å². The monoisotopic (exact) mass is 277 g/mol. The molecule has 1 aliphatic rings. The number of rotatable bonds is 4. The number of carbonyl (C=O) groups is 1. The molecule has 1 amide bonds. The summed E-state index contributed by atoms with van der Waals surface area (Å²) in [5, 5.41) is 12.4. The van der Waals surface area contributed by atoms with Gasteiger partial charge >= 0.3 is 6.18 Å². The Bertz CT molecular complexity index is 482. The van der Waals surface area contributed by atoms with Crippen molar-refractivity contribution in [2.75, 3.05) is 0 Å². The smallest absolute Gasteiger partial charge is 0.374 e. The Morgan fingerprint density at radius 1 is 1.58 bits per heavy atom. The summed E-state index contributed by atoms with van der Waals surface area (Å²) >= 11 is 0. The van der Waals surface area contributed by atoms with Gasteiger partial charge in [0.15, 0.2) is 5.82 Å². The molecule has 5 nitrogen and oxygen atoms in total. The Balaban J connectivity index is 2.24. The molecule has 8 heteroatoms. The molecule has 0 spiro atoms. The number of nitrogens with one attached hydrogen (secondary N) is 1. The van der Waals surface area contributed by atoms with E-state index < -0.39 is 29.9 Å². The highest BCUT2D eigenvalue weighted by atomic mass is 19.4. The van der Waals surface area contributed by atoms with Gasteiger partial charge < -0.3 is 15.0 Å². The van der Waals surface area contributed by atoms with E-state index in [0.717, 1.165) is 23.6 Å². The van der Waals surface area contributed by atoms with Gasteiger partial charge in [-0.3, -0.25) is 4.79 Å². The fourth-order valence-corrected chi connectivity index (χ4v) is 1.81. The lowest BCUT2D eigenvalue weighted by Gasteiger charge is -2.29. The third-order valence-electron chi connectivity index (χ3n) is 3.02. The van der Waals surface area contributed by atoms with Gasteiger partial charge in [-0.05, 0) is 12.8 Å². The Hall–Kier alpha value is -1.57. The third-order valence-corrected chi connectivity index (χ3v) is 3.02. The standard InChI is InChI=1S/C11H14F3N3O2/c1-17-5-4-15-9(17)10(19,11(12,13)14)6-8(18)16-7-2-3-7/h4-5,7,19H,2-3,6H2,1H3,(H,16,18). The van der Waals surface area contributed by atoms with Crippen LogP contribution in [0.5, 0.6) is 0 Å². The van der Waals surface area contributed by atoms with E-state index in [1.807, 2.05) is 0 Å². The summed E-state index contributed by atoms with van der Waals surface area (Å²) in [6.07, 6.45) is -2.11. The highest BCUT2D eigenvalue weighted by Crippen LogP contribution is 2.40. The molecular formula is C11H14F3N3O2. The molecule has 2 rings (SSSR count). The third kappa shape index (κ3) is 2.73. The van der Waals surface area contributed by atoms with E-state index >= 15 is 0 Å². The van der Waals surface area contributed by atoms with Crippen molar-refractivity contribution in [3.05, 3.63) is 18.2 Å². The predicted molar refractivity (Wildman–Crippen MR) is 58.9 cm³/mol. The lowest BCUT2D eigenvalue weighted by atomic mass is 9.97. The minimum atomic E-state index is -4.98. The number of amides is 1. The molecule has 0 aliphatic heterocycles. The quantitative estimate of drug-likeness (QED) is 0.857. The lowest BCUT2D eigenvalue weighted by molar-refractivity contribution is -0.271. The molecular weight excluding hydrogens is 263 g/mol. The highest BCUT2D eigenvalue weighted by molar-refractivity contribution is 5.78. The van der Waals surface area contributed by atoms with Gasteiger partial charge in [-0.25, -0.2) is 4.98 Å². The Morgan fingerprint density at radius 3 is 2.63 bits per heavy atom. The summed E-state index contributed by atoms with van der Waals surface area (Å²) < 4.78 is 40.3. The number of halogens is 3. The molecule has 0 radical (unpaired) electrons. The van der Waals surface area contributed by atoms with Crippen molar-refractivity contribution in [3.8, 4) is 0 Å². The van der Waals surface area contributed by atoms with Gasteiger partial charge in [0.05, 0.1) is 6.42 Å². The number of aryl methyl sites for hydroxylation is 1. The van der Waals surface area contributed by atoms with Gasteiger partial charge in [0.25, 0.3) is 0 Å². The number of carbonyl (C=O) groups excluding carboxylic acids is 1. The molecule has 19 heavy (non-hydrogen) atoms. The summed E-state index contributed by atoms with van der Waals surface area (Å²) in [6, 6.07) is -0.0636. The highest BCUT2D eigenvalue weighted by Gasteiger charge is 2.58. The van der Waals surface area contributed by atoms with Crippen LogP contribution in [0.4, 0.5) is 13.2 Å². The SMILES string of the molecule is Cn1ccnc1C(O)(CC(=O)NC1CC1)C(F)(F)F. The van der Waals surface area contributed by atoms with Gasteiger partial charge in [-0.2, -0.15) is 13.2 Å². The fourth-order valence-electron chi connectivity index (χ4n) is 1.81. The van der Waals surface area contributed by atoms with Crippen LogP contribution in [0.15, 0.2) is 12.4 Å². The number of aromatic nitrogens is 2. The lowest BCUT2D eigenvalue weighted by Crippen LogP contribution is -2.48. The van der Waals surface area contributed by atoms with Crippen LogP contribution in [-0.2, 0) is 17.4 Å². The number of aliphatic hydroxyl groups is 1. The minimum absolute atomic E-state index is 0.0636. The second kappa shape index (κ2) is 4.52. The van der Waals surface area contributed by atoms with Crippen molar-refractivity contribution in [1.82, 2.24) is 14.9 Å². The van der Waals surface area contributed by atoms with Gasteiger partial charge in [-0.1, -0.05) is 0 Å². The average molecular weight is 277 g/mol. The van der Waals surface area contributed by atoms with E-state index in [-0.39, 0.29) is 6.04 Å². The Morgan fingerprint density at radius 2 is 2.21 bits per heavy atom. The van der Waals surface area contributed by atoms with Crippen LogP contribution in [0.3, 0.4) is 0 Å². The van der Waals surface area contributed by atoms with E-state index in [1.54, 1.807) is 0 Å². The van der Waals surface area contributed by atoms with Gasteiger partial charge in [0.1, 0.15) is 0 Å². The molecule has 1 aromatic heterocycles. The fraction of sp³-hybridized carbons (Fsp3) is 0.636. The topological polar surface area (TPSA) is 67.1 Å². The zero-order chi connectivity index (χ0) is 14.3. The molecule has 1 aliphatic carbocycles. The van der Waals surface area contributed by atoms with Crippen LogP contribution >= 0.6 is 0 Å². The number of hydrogen-bond acceptors (Lipinski definition) is 3. The first-order valence-electron chi connectivity index (χ1n) is 5.80. The Labute approximate surface area is 107 Å². The second-order valence-electron chi connectivity index (χ2n) is 4.74. The first kappa shape index (κ1) is 13.9. The van der Waals surface area contributed by atoms with Crippen LogP contribution in [0.2, 0.25) is 0 Å². The summed E-state index contributed by atoms with van der Waals surface area (Å²) in [4.78, 5) is 15.1. The maximum Gasteiger partial charge on any atom is 0.425 e. The maximum atomic E-state index is 13.1. The number of hydrogen-bond donors (Lipinski definition) is 2. The van der Waals surface area contributed by atoms with E-state index in [0.29, 0.717) is 0 Å². The first-order valence-corrected chi connectivity index (χ1v) is 5.80. The zero-order valence-corrected chi connectivity index (χ0v) is 10.2. The van der Waals surface area contributed by atoms with Crippen molar-refractivity contribution in [1.29, 1.82) is 0 Å². The molecule has 1 unspecified atom stereocenters. The van der Waals surface area contributed by atoms with E-state index in [2.05, 4.69) is 10.3 Å². The summed E-state index contributed by atoms with van der Waals surface area (Å²) in [7, 11) is 1.33. The normalized spacial score (nSPS) is 19.0. The number of alkyl halides is 3. The molecule has 1 aromatic rings. The summed E-state index contributed by atoms with van der Waals surface area (Å²) in [5.74, 6) is -1.42. The average Bonchev–Trinajstić information content (AvgIpc) is 2.95. The Kier molecular flexibility index (Phi) is 3.29. The van der Waals surface area contributed by atoms with Gasteiger partial charge in [-0.15, -0.1) is 0 Å². The van der Waals surface area contributed by atoms with Gasteiger partial charge in [0.2, 0.25) is 11.5 Å². The van der Waals surface area contributed by atoms with Crippen LogP contribution in [0, 0.1) is 0 Å². The van der Waals surface area contributed by atoms with Crippen LogP contribution in [0.25, 0.3) is 0 Å². The minimum Gasteiger partial charge on any atom is -0.374 e. The molecule has 2 N–H and O–H groups in total. The van der Waals surface area contributed by atoms with E-state index in [1.165, 1.54) is 13.2 Å². The molecule has 1 heterocycles. The molecule has 1 atom stereocenters. The molecule has 1 saturated carbocycles. The molecule has 0 saturated heterocycles. The summed E-state index contributed by atoms with van der Waals surface area (Å²) in [5.41, 5.74) is -3.27. The number of nitrogens with zero attached hydrogens (tertiary/aromatic N) is 2. The van der Waals surface area contributed by atoms with Crippen molar-refractivity contribution in [3.63, 3.8) is 0 Å². The van der Waals surface area contributed by atoms with Crippen molar-refractivity contribution in [2.24, 2.45) is 7.05 Å². The second-order valence-corrected chi connectivity index (χ2v) is 4.74. The molecule has 0 bridgehead atoms. The van der Waals surface area contributed by atoms with Crippen LogP contribution in [0.1, 0.15) is 25.1 Å². The van der Waals surface area contributed by atoms with Crippen LogP contribution < -0.4 is 5.32 Å². The van der Waals surface area contributed by atoms with Gasteiger partial charge in [0, 0.05) is 25.5 Å². The van der Waals surface area contributed by atoms with Crippen molar-refractivity contribution >= 4 is 5.91 Å². The summed E-state index contributed by atoms with van der Waals surface area (Å²) in [6.45, 7) is 0. The predicted octanol–water partition coefficient (Wildman–Crippen LogP) is 0.839. The largest absolute Gasteiger partial charge is 0.425 e. The molecule has 0 aromatic carbocycles. The van der Waals surface area contributed by atoms with E-state index in [9.17, 15) is 23.1 Å². The first-order chi connectivity index (χ1) is 8.74.